The summed E-state index contributed by atoms with van der Waals surface area (Å²) in [6, 6.07) is 11.5. The van der Waals surface area contributed by atoms with E-state index in [-0.39, 0.29) is 17.9 Å². The molecular weight excluding hydrogens is 624 g/mol. The number of benzene rings is 1. The molecule has 2 aliphatic rings. The minimum Gasteiger partial charge on any atom is -0.493 e. The molecule has 46 heavy (non-hydrogen) atoms. The topological polar surface area (TPSA) is 116 Å². The third-order valence-corrected chi connectivity index (χ3v) is 9.56. The molecule has 11 nitrogen and oxygen atoms in total. The number of fused-ring (bicyclic) bond motifs is 3. The normalized spacial score (nSPS) is 15.8. The number of hydrogen-bond acceptors (Lipinski definition) is 10. The Morgan fingerprint density at radius 3 is 2.78 bits per heavy atom. The lowest BCUT2D eigenvalue weighted by atomic mass is 10.1. The lowest BCUT2D eigenvalue weighted by Crippen LogP contribution is -2.54. The number of rotatable bonds is 8. The van der Waals surface area contributed by atoms with Crippen molar-refractivity contribution < 1.29 is 14.3 Å². The van der Waals surface area contributed by atoms with Crippen LogP contribution in [0.3, 0.4) is 0 Å². The number of piperazine rings is 1. The van der Waals surface area contributed by atoms with Crippen molar-refractivity contribution in [1.82, 2.24) is 19.9 Å². The van der Waals surface area contributed by atoms with E-state index < -0.39 is 0 Å². The first kappa shape index (κ1) is 31.3. The van der Waals surface area contributed by atoms with Crippen molar-refractivity contribution in [2.75, 3.05) is 60.3 Å². The molecule has 2 aliphatic heterocycles. The van der Waals surface area contributed by atoms with Gasteiger partial charge in [-0.2, -0.15) is 0 Å². The Labute approximate surface area is 276 Å². The van der Waals surface area contributed by atoms with E-state index in [2.05, 4.69) is 45.0 Å². The van der Waals surface area contributed by atoms with E-state index in [4.69, 9.17) is 26.3 Å². The van der Waals surface area contributed by atoms with Crippen molar-refractivity contribution in [2.24, 2.45) is 0 Å². The van der Waals surface area contributed by atoms with Crippen molar-refractivity contribution in [3.05, 3.63) is 76.9 Å². The molecule has 1 aromatic carbocycles. The van der Waals surface area contributed by atoms with Crippen LogP contribution in [-0.4, -0.2) is 77.5 Å². The lowest BCUT2D eigenvalue weighted by Gasteiger charge is -2.41. The largest absolute Gasteiger partial charge is 0.493 e. The van der Waals surface area contributed by atoms with Crippen molar-refractivity contribution in [2.45, 2.75) is 26.3 Å². The molecule has 1 saturated heterocycles. The summed E-state index contributed by atoms with van der Waals surface area (Å²) in [7, 11) is 1.58. The number of methoxy groups -OCH3 is 1. The number of pyridine rings is 2. The summed E-state index contributed by atoms with van der Waals surface area (Å²) in [5.74, 6) is 1.59. The van der Waals surface area contributed by atoms with Crippen molar-refractivity contribution in [3.8, 4) is 17.0 Å². The quantitative estimate of drug-likeness (QED) is 0.220. The molecule has 1 fully saturated rings. The smallest absolute Gasteiger partial charge is 0.267 e. The van der Waals surface area contributed by atoms with E-state index in [0.717, 1.165) is 42.1 Å². The summed E-state index contributed by atoms with van der Waals surface area (Å²) < 4.78 is 5.60. The molecule has 4 aromatic rings. The van der Waals surface area contributed by atoms with Crippen LogP contribution in [0.2, 0.25) is 5.02 Å². The SMILES string of the molecule is C=CC(=O)N1CCN2c3ncc(-c4ccc(OC)c(Nc5ncc(C(=O)Nc6c(C)cccc6Cl)s5)n4)cc3N(CC)CCC2C1. The summed E-state index contributed by atoms with van der Waals surface area (Å²) in [6.07, 6.45) is 5.67. The highest BCUT2D eigenvalue weighted by molar-refractivity contribution is 7.17. The molecule has 238 valence electrons. The van der Waals surface area contributed by atoms with Crippen LogP contribution in [0.15, 0.2) is 61.4 Å². The first-order chi connectivity index (χ1) is 22.3. The van der Waals surface area contributed by atoms with Crippen LogP contribution in [-0.2, 0) is 4.79 Å². The molecule has 0 bridgehead atoms. The minimum absolute atomic E-state index is 0.0285. The van der Waals surface area contributed by atoms with Gasteiger partial charge in [0, 0.05) is 50.5 Å². The van der Waals surface area contributed by atoms with E-state index in [1.807, 2.05) is 42.3 Å². The Morgan fingerprint density at radius 2 is 2.02 bits per heavy atom. The van der Waals surface area contributed by atoms with Gasteiger partial charge in [0.25, 0.3) is 5.91 Å². The van der Waals surface area contributed by atoms with Crippen LogP contribution in [0.5, 0.6) is 5.75 Å². The van der Waals surface area contributed by atoms with Crippen molar-refractivity contribution >= 4 is 62.9 Å². The average Bonchev–Trinajstić information content (AvgIpc) is 3.48. The van der Waals surface area contributed by atoms with Crippen LogP contribution in [0.1, 0.15) is 28.6 Å². The number of carbonyl (C=O) groups excluding carboxylic acids is 2. The highest BCUT2D eigenvalue weighted by Crippen LogP contribution is 2.38. The summed E-state index contributed by atoms with van der Waals surface area (Å²) in [5.41, 5.74) is 4.05. The Morgan fingerprint density at radius 1 is 1.17 bits per heavy atom. The first-order valence-corrected chi connectivity index (χ1v) is 16.3. The third-order valence-electron chi connectivity index (χ3n) is 8.33. The third kappa shape index (κ3) is 6.22. The number of halogens is 1. The molecule has 0 radical (unpaired) electrons. The Hall–Kier alpha value is -4.68. The summed E-state index contributed by atoms with van der Waals surface area (Å²) in [5, 5.41) is 7.07. The van der Waals surface area contributed by atoms with E-state index in [1.165, 1.54) is 23.6 Å². The molecule has 3 aromatic heterocycles. The van der Waals surface area contributed by atoms with Crippen molar-refractivity contribution in [1.29, 1.82) is 0 Å². The number of nitrogens with zero attached hydrogens (tertiary/aromatic N) is 6. The highest BCUT2D eigenvalue weighted by Gasteiger charge is 2.34. The second kappa shape index (κ2) is 13.4. The number of aromatic nitrogens is 3. The molecule has 1 atom stereocenters. The van der Waals surface area contributed by atoms with Crippen LogP contribution in [0.4, 0.5) is 28.1 Å². The van der Waals surface area contributed by atoms with Gasteiger partial charge in [-0.05, 0) is 56.2 Å². The first-order valence-electron chi connectivity index (χ1n) is 15.1. The number of aryl methyl sites for hydroxylation is 1. The zero-order valence-corrected chi connectivity index (χ0v) is 27.5. The Balaban J connectivity index is 1.25. The van der Waals surface area contributed by atoms with E-state index in [0.29, 0.717) is 57.6 Å². The number of hydrogen-bond donors (Lipinski definition) is 2. The van der Waals surface area contributed by atoms with Gasteiger partial charge >= 0.3 is 0 Å². The van der Waals surface area contributed by atoms with Gasteiger partial charge in [0.05, 0.1) is 35.4 Å². The number of thiazole rings is 1. The average molecular weight is 659 g/mol. The van der Waals surface area contributed by atoms with Gasteiger partial charge in [0.15, 0.2) is 22.5 Å². The number of ether oxygens (including phenoxy) is 1. The van der Waals surface area contributed by atoms with E-state index in [1.54, 1.807) is 13.2 Å². The molecular formula is C33H35ClN8O3S. The Bertz CT molecular complexity index is 1780. The predicted octanol–water partition coefficient (Wildman–Crippen LogP) is 6.00. The molecule has 13 heteroatoms. The molecule has 0 aliphatic carbocycles. The molecule has 1 unspecified atom stereocenters. The Kier molecular flexibility index (Phi) is 9.09. The summed E-state index contributed by atoms with van der Waals surface area (Å²) >= 11 is 7.50. The van der Waals surface area contributed by atoms with Gasteiger partial charge in [-0.3, -0.25) is 9.59 Å². The van der Waals surface area contributed by atoms with Gasteiger partial charge in [0.2, 0.25) is 5.91 Å². The zero-order valence-electron chi connectivity index (χ0n) is 25.9. The summed E-state index contributed by atoms with van der Waals surface area (Å²) in [4.78, 5) is 46.5. The number of amides is 2. The van der Waals surface area contributed by atoms with Gasteiger partial charge in [-0.1, -0.05) is 41.6 Å². The number of carbonyl (C=O) groups is 2. The maximum atomic E-state index is 13.0. The lowest BCUT2D eigenvalue weighted by molar-refractivity contribution is -0.126. The number of nitrogens with one attached hydrogen (secondary N) is 2. The van der Waals surface area contributed by atoms with Crippen LogP contribution in [0, 0.1) is 6.92 Å². The zero-order chi connectivity index (χ0) is 32.4. The highest BCUT2D eigenvalue weighted by atomic mass is 35.5. The molecule has 0 spiro atoms. The fourth-order valence-electron chi connectivity index (χ4n) is 5.87. The van der Waals surface area contributed by atoms with Gasteiger partial charge in [-0.25, -0.2) is 15.0 Å². The molecule has 5 heterocycles. The van der Waals surface area contributed by atoms with Gasteiger partial charge < -0.3 is 30.1 Å². The van der Waals surface area contributed by atoms with Gasteiger partial charge in [-0.15, -0.1) is 0 Å². The molecule has 2 N–H and O–H groups in total. The second-order valence-electron chi connectivity index (χ2n) is 11.1. The predicted molar refractivity (Wildman–Crippen MR) is 184 cm³/mol. The standard InChI is InChI=1S/C33H35ClN8O3S/c1-5-28(43)41-14-15-42-22(19-41)12-13-40(6-2)25-16-21(17-35-31(25)42)24-10-11-26(45-4)30(37-24)39-33-36-18-27(46-33)32(44)38-29-20(3)8-7-9-23(29)34/h5,7-11,16-18,22H,1,6,12-15,19H2,2-4H3,(H,38,44)(H,36,37,39). The maximum absolute atomic E-state index is 13.0. The number of anilines is 5. The van der Waals surface area contributed by atoms with Gasteiger partial charge in [0.1, 0.15) is 4.88 Å². The fraction of sp³-hybridized carbons (Fsp3) is 0.303. The monoisotopic (exact) mass is 658 g/mol. The van der Waals surface area contributed by atoms with E-state index >= 15 is 0 Å². The summed E-state index contributed by atoms with van der Waals surface area (Å²) in [6.45, 7) is 11.4. The molecule has 2 amide bonds. The van der Waals surface area contributed by atoms with E-state index in [9.17, 15) is 9.59 Å². The number of para-hydroxylation sites is 1. The molecule has 6 rings (SSSR count). The van der Waals surface area contributed by atoms with Crippen LogP contribution in [0.25, 0.3) is 11.3 Å². The minimum atomic E-state index is -0.303. The molecule has 0 saturated carbocycles. The second-order valence-corrected chi connectivity index (χ2v) is 12.5. The van der Waals surface area contributed by atoms with Crippen LogP contribution < -0.4 is 25.2 Å². The maximum Gasteiger partial charge on any atom is 0.267 e. The van der Waals surface area contributed by atoms with Crippen LogP contribution >= 0.6 is 22.9 Å². The fourth-order valence-corrected chi connectivity index (χ4v) is 6.85. The van der Waals surface area contributed by atoms with Crippen molar-refractivity contribution in [3.63, 3.8) is 0 Å².